The van der Waals surface area contributed by atoms with Gasteiger partial charge in [-0.2, -0.15) is 13.2 Å². The molecule has 1 heterocycles. The molecule has 174 valence electrons. The summed E-state index contributed by atoms with van der Waals surface area (Å²) >= 11 is 13.1. The van der Waals surface area contributed by atoms with Crippen molar-refractivity contribution >= 4 is 62.2 Å². The molecule has 0 aliphatic heterocycles. The summed E-state index contributed by atoms with van der Waals surface area (Å²) in [5.74, 6) is -1.67. The van der Waals surface area contributed by atoms with E-state index in [-0.39, 0.29) is 15.6 Å². The van der Waals surface area contributed by atoms with Crippen LogP contribution in [0.25, 0.3) is 10.1 Å². The highest BCUT2D eigenvalue weighted by Gasteiger charge is 2.34. The van der Waals surface area contributed by atoms with Crippen molar-refractivity contribution in [1.82, 2.24) is 0 Å². The summed E-state index contributed by atoms with van der Waals surface area (Å²) in [4.78, 5) is 26.1. The molecule has 4 rings (SSSR count). The van der Waals surface area contributed by atoms with Crippen LogP contribution in [0.4, 0.5) is 18.9 Å². The number of rotatable bonds is 5. The molecule has 0 unspecified atom stereocenters. The average Bonchev–Trinajstić information content (AvgIpc) is 3.15. The van der Waals surface area contributed by atoms with Gasteiger partial charge in [0.1, 0.15) is 4.88 Å². The van der Waals surface area contributed by atoms with E-state index in [0.717, 1.165) is 22.1 Å². The predicted octanol–water partition coefficient (Wildman–Crippen LogP) is 7.76. The maximum Gasteiger partial charge on any atom is 0.417 e. The Morgan fingerprint density at radius 1 is 0.941 bits per heavy atom. The number of esters is 1. The number of carbonyl (C=O) groups is 2. The van der Waals surface area contributed by atoms with Gasteiger partial charge in [-0.15, -0.1) is 11.3 Å². The SMILES string of the molecule is O=C(O[C@H](C(=O)Nc1ccc(Cl)c(C(F)(F)F)c1)c1ccccc1)c1sc2ccccc2c1Cl. The minimum absolute atomic E-state index is 0.113. The smallest absolute Gasteiger partial charge is 0.417 e. The summed E-state index contributed by atoms with van der Waals surface area (Å²) in [5, 5.41) is 2.74. The maximum absolute atomic E-state index is 13.2. The number of benzene rings is 3. The van der Waals surface area contributed by atoms with Crippen LogP contribution < -0.4 is 5.32 Å². The van der Waals surface area contributed by atoms with E-state index in [1.807, 2.05) is 0 Å². The molecule has 1 aromatic heterocycles. The Morgan fingerprint density at radius 3 is 2.29 bits per heavy atom. The Bertz CT molecular complexity index is 1370. The quantitative estimate of drug-likeness (QED) is 0.272. The lowest BCUT2D eigenvalue weighted by Crippen LogP contribution is -2.26. The van der Waals surface area contributed by atoms with Gasteiger partial charge in [-0.1, -0.05) is 71.7 Å². The molecule has 34 heavy (non-hydrogen) atoms. The molecule has 0 bridgehead atoms. The predicted molar refractivity (Wildman–Crippen MR) is 127 cm³/mol. The van der Waals surface area contributed by atoms with Crippen molar-refractivity contribution in [1.29, 1.82) is 0 Å². The topological polar surface area (TPSA) is 55.4 Å². The summed E-state index contributed by atoms with van der Waals surface area (Å²) in [5.41, 5.74) is -0.925. The fourth-order valence-electron chi connectivity index (χ4n) is 3.23. The third kappa shape index (κ3) is 5.04. The van der Waals surface area contributed by atoms with Crippen molar-refractivity contribution in [3.8, 4) is 0 Å². The highest BCUT2D eigenvalue weighted by atomic mass is 35.5. The fourth-order valence-corrected chi connectivity index (χ4v) is 4.85. The summed E-state index contributed by atoms with van der Waals surface area (Å²) in [6, 6.07) is 18.2. The molecule has 4 nitrogen and oxygen atoms in total. The minimum atomic E-state index is -4.71. The van der Waals surface area contributed by atoms with E-state index in [1.165, 1.54) is 6.07 Å². The van der Waals surface area contributed by atoms with E-state index in [2.05, 4.69) is 5.32 Å². The standard InChI is InChI=1S/C24H14Cl2F3NO3S/c25-17-11-10-14(12-16(17)24(27,28)29)30-22(31)20(13-6-2-1-3-7-13)33-23(32)21-19(26)15-8-4-5-9-18(15)34-21/h1-12,20H,(H,30,31)/t20-/m0/s1. The zero-order valence-electron chi connectivity index (χ0n) is 17.0. The van der Waals surface area contributed by atoms with Gasteiger partial charge in [-0.3, -0.25) is 4.79 Å². The van der Waals surface area contributed by atoms with Gasteiger partial charge in [0.05, 0.1) is 15.6 Å². The van der Waals surface area contributed by atoms with Crippen LogP contribution in [-0.2, 0) is 15.7 Å². The summed E-state index contributed by atoms with van der Waals surface area (Å²) in [7, 11) is 0. The molecule has 1 N–H and O–H groups in total. The largest absolute Gasteiger partial charge is 0.443 e. The van der Waals surface area contributed by atoms with E-state index in [1.54, 1.807) is 54.6 Å². The van der Waals surface area contributed by atoms with Gasteiger partial charge in [-0.25, -0.2) is 4.79 Å². The van der Waals surface area contributed by atoms with Crippen molar-refractivity contribution in [2.75, 3.05) is 5.32 Å². The number of amides is 1. The molecule has 0 fully saturated rings. The van der Waals surface area contributed by atoms with Crippen LogP contribution in [0.2, 0.25) is 10.0 Å². The minimum Gasteiger partial charge on any atom is -0.443 e. The summed E-state index contributed by atoms with van der Waals surface area (Å²) in [6.45, 7) is 0. The van der Waals surface area contributed by atoms with Crippen molar-refractivity contribution in [3.05, 3.63) is 98.8 Å². The molecule has 0 spiro atoms. The molecule has 0 radical (unpaired) electrons. The van der Waals surface area contributed by atoms with Gasteiger partial charge < -0.3 is 10.1 Å². The number of halogens is 5. The second-order valence-electron chi connectivity index (χ2n) is 7.12. The average molecular weight is 524 g/mol. The van der Waals surface area contributed by atoms with Gasteiger partial charge in [0.25, 0.3) is 5.91 Å². The number of alkyl halides is 3. The summed E-state index contributed by atoms with van der Waals surface area (Å²) in [6.07, 6.45) is -6.15. The van der Waals surface area contributed by atoms with Gasteiger partial charge in [0, 0.05) is 21.3 Å². The molecule has 1 atom stereocenters. The molecule has 3 aromatic carbocycles. The highest BCUT2D eigenvalue weighted by molar-refractivity contribution is 7.21. The van der Waals surface area contributed by atoms with Gasteiger partial charge >= 0.3 is 12.1 Å². The molecule has 0 aliphatic rings. The zero-order chi connectivity index (χ0) is 24.5. The van der Waals surface area contributed by atoms with Crippen molar-refractivity contribution in [2.45, 2.75) is 12.3 Å². The fraction of sp³-hybridized carbons (Fsp3) is 0.0833. The number of carbonyl (C=O) groups excluding carboxylic acids is 2. The lowest BCUT2D eigenvalue weighted by Gasteiger charge is -2.18. The van der Waals surface area contributed by atoms with Crippen molar-refractivity contribution in [2.24, 2.45) is 0 Å². The Hall–Kier alpha value is -3.07. The lowest BCUT2D eigenvalue weighted by molar-refractivity contribution is -0.137. The van der Waals surface area contributed by atoms with Gasteiger partial charge in [0.15, 0.2) is 0 Å². The molecule has 1 amide bonds. The lowest BCUT2D eigenvalue weighted by atomic mass is 10.1. The van der Waals surface area contributed by atoms with Crippen LogP contribution in [0.15, 0.2) is 72.8 Å². The molecular weight excluding hydrogens is 510 g/mol. The number of ether oxygens (including phenoxy) is 1. The van der Waals surface area contributed by atoms with Crippen LogP contribution in [0.3, 0.4) is 0 Å². The highest BCUT2D eigenvalue weighted by Crippen LogP contribution is 2.38. The maximum atomic E-state index is 13.2. The van der Waals surface area contributed by atoms with E-state index >= 15 is 0 Å². The Labute approximate surface area is 205 Å². The zero-order valence-corrected chi connectivity index (χ0v) is 19.4. The Kier molecular flexibility index (Phi) is 6.84. The van der Waals surface area contributed by atoms with Gasteiger partial charge in [-0.05, 0) is 24.3 Å². The molecule has 4 aromatic rings. The van der Waals surface area contributed by atoms with Crippen LogP contribution in [0.1, 0.15) is 26.9 Å². The first kappa shape index (κ1) is 24.1. The number of fused-ring (bicyclic) bond motifs is 1. The number of anilines is 1. The molecule has 0 saturated carbocycles. The molecular formula is C24H14Cl2F3NO3S. The summed E-state index contributed by atoms with van der Waals surface area (Å²) < 4.78 is 45.9. The van der Waals surface area contributed by atoms with E-state index in [4.69, 9.17) is 27.9 Å². The Balaban J connectivity index is 1.64. The first-order valence-electron chi connectivity index (χ1n) is 9.75. The molecule has 10 heteroatoms. The first-order chi connectivity index (χ1) is 16.1. The number of nitrogens with one attached hydrogen (secondary N) is 1. The third-order valence-corrected chi connectivity index (χ3v) is 6.81. The second kappa shape index (κ2) is 9.66. The molecule has 0 aliphatic carbocycles. The normalized spacial score (nSPS) is 12.4. The second-order valence-corrected chi connectivity index (χ2v) is 8.96. The van der Waals surface area contributed by atoms with Crippen LogP contribution >= 0.6 is 34.5 Å². The van der Waals surface area contributed by atoms with Crippen LogP contribution in [-0.4, -0.2) is 11.9 Å². The van der Waals surface area contributed by atoms with Crippen LogP contribution in [0.5, 0.6) is 0 Å². The molecule has 0 saturated heterocycles. The van der Waals surface area contributed by atoms with Crippen molar-refractivity contribution < 1.29 is 27.5 Å². The number of thiophene rings is 1. The van der Waals surface area contributed by atoms with E-state index in [9.17, 15) is 22.8 Å². The van der Waals surface area contributed by atoms with E-state index < -0.39 is 34.7 Å². The number of hydrogen-bond donors (Lipinski definition) is 1. The third-order valence-electron chi connectivity index (χ3n) is 4.82. The number of hydrogen-bond acceptors (Lipinski definition) is 4. The van der Waals surface area contributed by atoms with Crippen LogP contribution in [0, 0.1) is 0 Å². The monoisotopic (exact) mass is 523 g/mol. The van der Waals surface area contributed by atoms with Gasteiger partial charge in [0.2, 0.25) is 6.10 Å². The first-order valence-corrected chi connectivity index (χ1v) is 11.3. The van der Waals surface area contributed by atoms with Crippen molar-refractivity contribution in [3.63, 3.8) is 0 Å². The van der Waals surface area contributed by atoms with E-state index in [0.29, 0.717) is 17.0 Å². The Morgan fingerprint density at radius 2 is 1.62 bits per heavy atom.